The molecule has 28 heavy (non-hydrogen) atoms. The number of piperazine rings is 1. The minimum absolute atomic E-state index is 0. The Labute approximate surface area is 174 Å². The van der Waals surface area contributed by atoms with Gasteiger partial charge in [0.05, 0.1) is 0 Å². The predicted molar refractivity (Wildman–Crippen MR) is 112 cm³/mol. The maximum Gasteiger partial charge on any atom is 0.263 e. The van der Waals surface area contributed by atoms with E-state index in [2.05, 4.69) is 12.2 Å². The van der Waals surface area contributed by atoms with Crippen molar-refractivity contribution >= 4 is 24.2 Å². The summed E-state index contributed by atoms with van der Waals surface area (Å²) >= 11 is 0. The van der Waals surface area contributed by atoms with E-state index in [-0.39, 0.29) is 30.1 Å². The first-order valence-corrected chi connectivity index (χ1v) is 10.0. The SMILES string of the molecule is CCc1ccc(OC(C)C(=O)N2CCN(C(=O)C(C)C3CNC3)CC2)cc1.Cl. The van der Waals surface area contributed by atoms with Crippen LogP contribution < -0.4 is 10.1 Å². The standard InChI is InChI=1S/C21H31N3O3.ClH/c1-4-17-5-7-19(8-6-17)27-16(3)21(26)24-11-9-23(10-12-24)20(25)15(2)18-13-22-14-18;/h5-8,15-16,18,22H,4,9-14H2,1-3H3;1H. The topological polar surface area (TPSA) is 61.9 Å². The fourth-order valence-corrected chi connectivity index (χ4v) is 3.62. The van der Waals surface area contributed by atoms with Crippen molar-refractivity contribution in [3.63, 3.8) is 0 Å². The lowest BCUT2D eigenvalue weighted by atomic mass is 9.88. The van der Waals surface area contributed by atoms with Crippen molar-refractivity contribution in [3.05, 3.63) is 29.8 Å². The first-order valence-electron chi connectivity index (χ1n) is 10.0. The van der Waals surface area contributed by atoms with Gasteiger partial charge in [0, 0.05) is 32.1 Å². The molecule has 1 aromatic carbocycles. The lowest BCUT2D eigenvalue weighted by Crippen LogP contribution is -2.56. The Hall–Kier alpha value is -1.79. The fourth-order valence-electron chi connectivity index (χ4n) is 3.62. The van der Waals surface area contributed by atoms with Gasteiger partial charge in [-0.05, 0) is 50.0 Å². The minimum Gasteiger partial charge on any atom is -0.481 e. The van der Waals surface area contributed by atoms with Gasteiger partial charge >= 0.3 is 0 Å². The summed E-state index contributed by atoms with van der Waals surface area (Å²) in [4.78, 5) is 29.0. The van der Waals surface area contributed by atoms with Gasteiger partial charge in [-0.1, -0.05) is 26.0 Å². The van der Waals surface area contributed by atoms with Crippen LogP contribution in [0.2, 0.25) is 0 Å². The van der Waals surface area contributed by atoms with Crippen molar-refractivity contribution in [2.24, 2.45) is 11.8 Å². The maximum absolute atomic E-state index is 12.7. The van der Waals surface area contributed by atoms with E-state index >= 15 is 0 Å². The molecule has 2 unspecified atom stereocenters. The van der Waals surface area contributed by atoms with Crippen molar-refractivity contribution < 1.29 is 14.3 Å². The van der Waals surface area contributed by atoms with E-state index in [1.165, 1.54) is 5.56 Å². The number of hydrogen-bond donors (Lipinski definition) is 1. The van der Waals surface area contributed by atoms with E-state index in [1.54, 1.807) is 6.92 Å². The van der Waals surface area contributed by atoms with Gasteiger partial charge in [-0.2, -0.15) is 0 Å². The van der Waals surface area contributed by atoms with E-state index in [0.29, 0.717) is 37.8 Å². The zero-order valence-corrected chi connectivity index (χ0v) is 17.8. The van der Waals surface area contributed by atoms with Gasteiger partial charge in [0.2, 0.25) is 5.91 Å². The Kier molecular flexibility index (Phi) is 8.13. The molecule has 2 aliphatic rings. The van der Waals surface area contributed by atoms with Crippen LogP contribution >= 0.6 is 12.4 Å². The van der Waals surface area contributed by atoms with Crippen LogP contribution in [-0.4, -0.2) is 67.0 Å². The summed E-state index contributed by atoms with van der Waals surface area (Å²) < 4.78 is 5.82. The normalized spacial score (nSPS) is 19.2. The summed E-state index contributed by atoms with van der Waals surface area (Å²) in [5.74, 6) is 1.42. The summed E-state index contributed by atoms with van der Waals surface area (Å²) in [6, 6.07) is 7.87. The Morgan fingerprint density at radius 1 is 1.04 bits per heavy atom. The zero-order chi connectivity index (χ0) is 19.4. The lowest BCUT2D eigenvalue weighted by molar-refractivity contribution is -0.146. The molecule has 3 rings (SSSR count). The quantitative estimate of drug-likeness (QED) is 0.780. The van der Waals surface area contributed by atoms with Gasteiger partial charge < -0.3 is 19.9 Å². The minimum atomic E-state index is -0.528. The number of rotatable bonds is 6. The second kappa shape index (κ2) is 10.1. The summed E-state index contributed by atoms with van der Waals surface area (Å²) in [6.45, 7) is 10.1. The largest absolute Gasteiger partial charge is 0.481 e. The molecule has 0 bridgehead atoms. The molecule has 2 amide bonds. The van der Waals surface area contributed by atoms with Crippen LogP contribution in [0.1, 0.15) is 26.3 Å². The van der Waals surface area contributed by atoms with E-state index in [4.69, 9.17) is 4.74 Å². The van der Waals surface area contributed by atoms with Crippen molar-refractivity contribution in [3.8, 4) is 5.75 Å². The Balaban J connectivity index is 0.00000280. The molecule has 2 fully saturated rings. The van der Waals surface area contributed by atoms with Gasteiger partial charge in [0.15, 0.2) is 6.10 Å². The van der Waals surface area contributed by atoms with Crippen LogP contribution in [0.4, 0.5) is 0 Å². The van der Waals surface area contributed by atoms with E-state index < -0.39 is 6.10 Å². The fraction of sp³-hybridized carbons (Fsp3) is 0.619. The zero-order valence-electron chi connectivity index (χ0n) is 17.0. The number of halogens is 1. The molecule has 1 aromatic rings. The van der Waals surface area contributed by atoms with E-state index in [0.717, 1.165) is 19.5 Å². The van der Waals surface area contributed by atoms with Gasteiger partial charge in [-0.3, -0.25) is 9.59 Å². The molecule has 2 atom stereocenters. The van der Waals surface area contributed by atoms with E-state index in [1.807, 2.05) is 41.0 Å². The lowest BCUT2D eigenvalue weighted by Gasteiger charge is -2.39. The summed E-state index contributed by atoms with van der Waals surface area (Å²) in [6.07, 6.45) is 0.452. The molecule has 156 valence electrons. The van der Waals surface area contributed by atoms with Gasteiger partial charge in [-0.15, -0.1) is 12.4 Å². The molecular formula is C21H32ClN3O3. The Morgan fingerprint density at radius 3 is 2.04 bits per heavy atom. The third-order valence-corrected chi connectivity index (χ3v) is 5.80. The van der Waals surface area contributed by atoms with Crippen LogP contribution in [0.25, 0.3) is 0 Å². The number of benzene rings is 1. The molecule has 1 N–H and O–H groups in total. The van der Waals surface area contributed by atoms with Crippen LogP contribution in [0.5, 0.6) is 5.75 Å². The average Bonchev–Trinajstić information content (AvgIpc) is 2.66. The van der Waals surface area contributed by atoms with Crippen LogP contribution in [0, 0.1) is 11.8 Å². The molecule has 0 aliphatic carbocycles. The van der Waals surface area contributed by atoms with Crippen molar-refractivity contribution in [1.82, 2.24) is 15.1 Å². The number of nitrogens with one attached hydrogen (secondary N) is 1. The number of hydrogen-bond acceptors (Lipinski definition) is 4. The van der Waals surface area contributed by atoms with E-state index in [9.17, 15) is 9.59 Å². The third kappa shape index (κ3) is 5.17. The summed E-state index contributed by atoms with van der Waals surface area (Å²) in [7, 11) is 0. The molecule has 0 aromatic heterocycles. The van der Waals surface area contributed by atoms with Crippen molar-refractivity contribution in [2.75, 3.05) is 39.3 Å². The number of nitrogens with zero attached hydrogens (tertiary/aromatic N) is 2. The van der Waals surface area contributed by atoms with Gasteiger partial charge in [-0.25, -0.2) is 0 Å². The molecule has 2 saturated heterocycles. The first kappa shape index (κ1) is 22.5. The molecule has 0 spiro atoms. The number of carbonyl (C=O) groups excluding carboxylic acids is 2. The number of aryl methyl sites for hydroxylation is 1. The first-order chi connectivity index (χ1) is 13.0. The number of amides is 2. The number of carbonyl (C=O) groups is 2. The highest BCUT2D eigenvalue weighted by atomic mass is 35.5. The highest BCUT2D eigenvalue weighted by Gasteiger charge is 2.34. The summed E-state index contributed by atoms with van der Waals surface area (Å²) in [5.41, 5.74) is 1.24. The third-order valence-electron chi connectivity index (χ3n) is 5.80. The van der Waals surface area contributed by atoms with Crippen LogP contribution in [0.15, 0.2) is 24.3 Å². The molecule has 7 heteroatoms. The second-order valence-electron chi connectivity index (χ2n) is 7.62. The van der Waals surface area contributed by atoms with Crippen LogP contribution in [0.3, 0.4) is 0 Å². The highest BCUT2D eigenvalue weighted by molar-refractivity contribution is 5.85. The molecule has 2 heterocycles. The molecule has 0 saturated carbocycles. The van der Waals surface area contributed by atoms with Gasteiger partial charge in [0.1, 0.15) is 5.75 Å². The Bertz CT molecular complexity index is 655. The maximum atomic E-state index is 12.7. The van der Waals surface area contributed by atoms with Crippen LogP contribution in [-0.2, 0) is 16.0 Å². The second-order valence-corrected chi connectivity index (χ2v) is 7.62. The van der Waals surface area contributed by atoms with Crippen molar-refractivity contribution in [2.45, 2.75) is 33.3 Å². The smallest absolute Gasteiger partial charge is 0.263 e. The Morgan fingerprint density at radius 2 is 1.57 bits per heavy atom. The average molecular weight is 410 g/mol. The number of ether oxygens (including phenoxy) is 1. The molecule has 6 nitrogen and oxygen atoms in total. The highest BCUT2D eigenvalue weighted by Crippen LogP contribution is 2.20. The summed E-state index contributed by atoms with van der Waals surface area (Å²) in [5, 5.41) is 3.22. The van der Waals surface area contributed by atoms with Crippen molar-refractivity contribution in [1.29, 1.82) is 0 Å². The predicted octanol–water partition coefficient (Wildman–Crippen LogP) is 1.96. The van der Waals surface area contributed by atoms with Gasteiger partial charge in [0.25, 0.3) is 5.91 Å². The monoisotopic (exact) mass is 409 g/mol. The molecule has 2 aliphatic heterocycles. The molecular weight excluding hydrogens is 378 g/mol. The molecule has 0 radical (unpaired) electrons.